The molecule has 0 aliphatic carbocycles. The lowest BCUT2D eigenvalue weighted by atomic mass is 10.1. The molecule has 0 aromatic heterocycles. The van der Waals surface area contributed by atoms with Gasteiger partial charge in [0.25, 0.3) is 0 Å². The third kappa shape index (κ3) is 1.29. The summed E-state index contributed by atoms with van der Waals surface area (Å²) in [6.45, 7) is 0.339. The number of carbonyl (C=O) groups is 1. The second-order valence-corrected chi connectivity index (χ2v) is 3.92. The summed E-state index contributed by atoms with van der Waals surface area (Å²) in [7, 11) is 0. The topological polar surface area (TPSA) is 72.5 Å². The van der Waals surface area contributed by atoms with E-state index < -0.39 is 5.97 Å². The van der Waals surface area contributed by atoms with E-state index in [2.05, 4.69) is 15.9 Å². The first-order valence-electron chi connectivity index (χ1n) is 4.05. The number of hydrogen-bond donors (Lipinski definition) is 2. The summed E-state index contributed by atoms with van der Waals surface area (Å²) in [5.41, 5.74) is 6.64. The Morgan fingerprint density at radius 1 is 1.64 bits per heavy atom. The summed E-state index contributed by atoms with van der Waals surface area (Å²) in [6.07, 6.45) is 0. The maximum atomic E-state index is 10.9. The zero-order chi connectivity index (χ0) is 10.3. The van der Waals surface area contributed by atoms with Crippen LogP contribution in [0, 0.1) is 0 Å². The van der Waals surface area contributed by atoms with Crippen molar-refractivity contribution in [2.75, 3.05) is 6.61 Å². The number of halogens is 1. The molecule has 0 unspecified atom stereocenters. The second kappa shape index (κ2) is 3.25. The molecule has 1 atom stereocenters. The molecule has 1 heterocycles. The zero-order valence-corrected chi connectivity index (χ0v) is 8.74. The molecular formula is C9H8BrNO3. The third-order valence-corrected chi connectivity index (χ3v) is 2.82. The first kappa shape index (κ1) is 9.48. The van der Waals surface area contributed by atoms with Crippen molar-refractivity contribution >= 4 is 21.9 Å². The normalized spacial score (nSPS) is 18.9. The molecule has 2 rings (SSSR count). The van der Waals surface area contributed by atoms with Gasteiger partial charge >= 0.3 is 5.97 Å². The maximum Gasteiger partial charge on any atom is 0.340 e. The summed E-state index contributed by atoms with van der Waals surface area (Å²) in [6, 6.07) is 3.23. The maximum absolute atomic E-state index is 10.9. The van der Waals surface area contributed by atoms with Gasteiger partial charge in [-0.1, -0.05) is 6.07 Å². The van der Waals surface area contributed by atoms with E-state index >= 15 is 0 Å². The van der Waals surface area contributed by atoms with E-state index in [0.29, 0.717) is 16.8 Å². The van der Waals surface area contributed by atoms with Crippen LogP contribution in [0.3, 0.4) is 0 Å². The monoisotopic (exact) mass is 257 g/mol. The van der Waals surface area contributed by atoms with Gasteiger partial charge in [-0.05, 0) is 22.0 Å². The van der Waals surface area contributed by atoms with Gasteiger partial charge in [-0.25, -0.2) is 4.79 Å². The largest absolute Gasteiger partial charge is 0.490 e. The molecule has 0 radical (unpaired) electrons. The molecular weight excluding hydrogens is 250 g/mol. The Bertz CT molecular complexity index is 405. The SMILES string of the molecule is N[C@@H]1COc2c1ccc(Br)c2C(=O)O. The van der Waals surface area contributed by atoms with Gasteiger partial charge in [0.15, 0.2) is 0 Å². The van der Waals surface area contributed by atoms with E-state index in [1.807, 2.05) is 0 Å². The summed E-state index contributed by atoms with van der Waals surface area (Å²) < 4.78 is 5.76. The molecule has 0 spiro atoms. The van der Waals surface area contributed by atoms with E-state index in [4.69, 9.17) is 15.6 Å². The molecule has 0 fully saturated rings. The Morgan fingerprint density at radius 3 is 3.00 bits per heavy atom. The van der Waals surface area contributed by atoms with Gasteiger partial charge in [-0.3, -0.25) is 0 Å². The molecule has 3 N–H and O–H groups in total. The molecule has 1 aromatic carbocycles. The minimum absolute atomic E-state index is 0.149. The Morgan fingerprint density at radius 2 is 2.36 bits per heavy atom. The number of nitrogens with two attached hydrogens (primary N) is 1. The summed E-state index contributed by atoms with van der Waals surface area (Å²) >= 11 is 3.17. The first-order valence-corrected chi connectivity index (χ1v) is 4.84. The van der Waals surface area contributed by atoms with E-state index in [1.165, 1.54) is 0 Å². The number of hydrogen-bond acceptors (Lipinski definition) is 3. The summed E-state index contributed by atoms with van der Waals surface area (Å²) in [5.74, 6) is -0.623. The summed E-state index contributed by atoms with van der Waals surface area (Å²) in [5, 5.41) is 8.97. The summed E-state index contributed by atoms with van der Waals surface area (Å²) in [4.78, 5) is 10.9. The number of fused-ring (bicyclic) bond motifs is 1. The molecule has 1 aliphatic heterocycles. The fourth-order valence-electron chi connectivity index (χ4n) is 1.48. The highest BCUT2D eigenvalue weighted by Gasteiger charge is 2.27. The molecule has 74 valence electrons. The van der Waals surface area contributed by atoms with Gasteiger partial charge in [0.2, 0.25) is 0 Å². The highest BCUT2D eigenvalue weighted by molar-refractivity contribution is 9.10. The van der Waals surface area contributed by atoms with Crippen molar-refractivity contribution in [3.8, 4) is 5.75 Å². The van der Waals surface area contributed by atoms with Gasteiger partial charge < -0.3 is 15.6 Å². The lowest BCUT2D eigenvalue weighted by molar-refractivity contribution is 0.0692. The van der Waals surface area contributed by atoms with Crippen LogP contribution in [0.2, 0.25) is 0 Å². The first-order chi connectivity index (χ1) is 6.61. The number of rotatable bonds is 1. The number of aromatic carboxylic acids is 1. The van der Waals surface area contributed by atoms with Crippen molar-refractivity contribution in [1.29, 1.82) is 0 Å². The molecule has 1 aliphatic rings. The molecule has 0 bridgehead atoms. The van der Waals surface area contributed by atoms with Gasteiger partial charge in [0, 0.05) is 10.0 Å². The van der Waals surface area contributed by atoms with Crippen LogP contribution in [0.15, 0.2) is 16.6 Å². The van der Waals surface area contributed by atoms with E-state index in [-0.39, 0.29) is 11.6 Å². The Hall–Kier alpha value is -1.07. The zero-order valence-electron chi connectivity index (χ0n) is 7.16. The Balaban J connectivity index is 2.65. The molecule has 4 nitrogen and oxygen atoms in total. The average Bonchev–Trinajstić information content (AvgIpc) is 2.47. The van der Waals surface area contributed by atoms with Crippen LogP contribution in [0.4, 0.5) is 0 Å². The second-order valence-electron chi connectivity index (χ2n) is 3.06. The minimum atomic E-state index is -1.01. The molecule has 0 saturated carbocycles. The van der Waals surface area contributed by atoms with Gasteiger partial charge in [-0.2, -0.15) is 0 Å². The fraction of sp³-hybridized carbons (Fsp3) is 0.222. The van der Waals surface area contributed by atoms with Crippen LogP contribution < -0.4 is 10.5 Å². The van der Waals surface area contributed by atoms with Crippen molar-refractivity contribution in [1.82, 2.24) is 0 Å². The average molecular weight is 258 g/mol. The molecule has 0 saturated heterocycles. The lowest BCUT2D eigenvalue weighted by Gasteiger charge is -2.05. The predicted molar refractivity (Wildman–Crippen MR) is 53.5 cm³/mol. The van der Waals surface area contributed by atoms with Crippen LogP contribution in [0.5, 0.6) is 5.75 Å². The highest BCUT2D eigenvalue weighted by Crippen LogP contribution is 2.37. The van der Waals surface area contributed by atoms with Crippen LogP contribution >= 0.6 is 15.9 Å². The van der Waals surface area contributed by atoms with Crippen LogP contribution in [0.25, 0.3) is 0 Å². The van der Waals surface area contributed by atoms with Crippen molar-refractivity contribution in [3.05, 3.63) is 27.7 Å². The number of ether oxygens (including phenoxy) is 1. The molecule has 0 amide bonds. The van der Waals surface area contributed by atoms with Crippen LogP contribution in [-0.4, -0.2) is 17.7 Å². The van der Waals surface area contributed by atoms with E-state index in [1.54, 1.807) is 12.1 Å². The van der Waals surface area contributed by atoms with Crippen molar-refractivity contribution in [2.24, 2.45) is 5.73 Å². The smallest absolute Gasteiger partial charge is 0.340 e. The van der Waals surface area contributed by atoms with E-state index in [9.17, 15) is 4.79 Å². The minimum Gasteiger partial charge on any atom is -0.490 e. The Labute approximate surface area is 88.8 Å². The van der Waals surface area contributed by atoms with Gasteiger partial charge in [0.05, 0.1) is 6.04 Å². The third-order valence-electron chi connectivity index (χ3n) is 2.16. The molecule has 14 heavy (non-hydrogen) atoms. The Kier molecular flexibility index (Phi) is 2.20. The van der Waals surface area contributed by atoms with Gasteiger partial charge in [-0.15, -0.1) is 0 Å². The van der Waals surface area contributed by atoms with Crippen molar-refractivity contribution < 1.29 is 14.6 Å². The van der Waals surface area contributed by atoms with Crippen molar-refractivity contribution in [2.45, 2.75) is 6.04 Å². The standard InChI is InChI=1S/C9H8BrNO3/c10-5-2-1-4-6(11)3-14-8(4)7(5)9(12)13/h1-2,6H,3,11H2,(H,12,13)/t6-/m1/s1. The quantitative estimate of drug-likeness (QED) is 0.801. The van der Waals surface area contributed by atoms with Crippen molar-refractivity contribution in [3.63, 3.8) is 0 Å². The molecule has 5 heteroatoms. The highest BCUT2D eigenvalue weighted by atomic mass is 79.9. The van der Waals surface area contributed by atoms with Crippen LogP contribution in [-0.2, 0) is 0 Å². The van der Waals surface area contributed by atoms with Crippen LogP contribution in [0.1, 0.15) is 22.0 Å². The lowest BCUT2D eigenvalue weighted by Crippen LogP contribution is -2.10. The van der Waals surface area contributed by atoms with E-state index in [0.717, 1.165) is 5.56 Å². The number of carboxylic acids is 1. The number of benzene rings is 1. The number of carboxylic acid groups (broad SMARTS) is 1. The fourth-order valence-corrected chi connectivity index (χ4v) is 1.97. The predicted octanol–water partition coefficient (Wildman–Crippen LogP) is 1.54. The molecule has 1 aromatic rings. The van der Waals surface area contributed by atoms with Gasteiger partial charge in [0.1, 0.15) is 17.9 Å².